The number of amides is 2. The van der Waals surface area contributed by atoms with Gasteiger partial charge in [-0.1, -0.05) is 41.7 Å². The first-order valence-electron chi connectivity index (χ1n) is 14.4. The molecule has 1 saturated heterocycles. The van der Waals surface area contributed by atoms with Crippen LogP contribution in [0.25, 0.3) is 0 Å². The minimum Gasteiger partial charge on any atom is -0.484 e. The number of nitrogens with zero attached hydrogens (tertiary/aromatic N) is 3. The number of nitrogens with two attached hydrogens (primary N) is 2. The van der Waals surface area contributed by atoms with Gasteiger partial charge in [-0.3, -0.25) is 14.4 Å². The first-order chi connectivity index (χ1) is 21.2. The summed E-state index contributed by atoms with van der Waals surface area (Å²) >= 11 is 1.01. The van der Waals surface area contributed by atoms with Crippen molar-refractivity contribution < 1.29 is 23.5 Å². The highest BCUT2D eigenvalue weighted by molar-refractivity contribution is 7.18. The number of hydrogen-bond donors (Lipinski definition) is 2. The number of ketones is 1. The van der Waals surface area contributed by atoms with Crippen LogP contribution in [-0.4, -0.2) is 53.2 Å². The number of rotatable bonds is 11. The average Bonchev–Trinajstić information content (AvgIpc) is 3.42. The van der Waals surface area contributed by atoms with Gasteiger partial charge >= 0.3 is 0 Å². The SMILES string of the molecule is C[C@H](C(N)=O)N(c1ccc(F)cc1)c1nc(N)c(C(=O)c2ccc(OCC(=O)N3CCC(Cc4ccccc4)CC3)cc2)s1. The number of ether oxygens (including phenoxy) is 1. The maximum Gasteiger partial charge on any atom is 0.260 e. The lowest BCUT2D eigenvalue weighted by Gasteiger charge is -2.32. The Balaban J connectivity index is 1.18. The van der Waals surface area contributed by atoms with Crippen molar-refractivity contribution in [3.05, 3.63) is 101 Å². The molecule has 9 nitrogen and oxygen atoms in total. The number of hydrogen-bond acceptors (Lipinski definition) is 8. The highest BCUT2D eigenvalue weighted by atomic mass is 32.1. The summed E-state index contributed by atoms with van der Waals surface area (Å²) < 4.78 is 19.3. The highest BCUT2D eigenvalue weighted by Gasteiger charge is 2.28. The quantitative estimate of drug-likeness (QED) is 0.228. The van der Waals surface area contributed by atoms with Crippen LogP contribution in [-0.2, 0) is 16.0 Å². The second-order valence-corrected chi connectivity index (χ2v) is 11.8. The first kappa shape index (κ1) is 30.7. The van der Waals surface area contributed by atoms with Gasteiger partial charge in [0, 0.05) is 24.3 Å². The summed E-state index contributed by atoms with van der Waals surface area (Å²) in [6.07, 6.45) is 2.95. The van der Waals surface area contributed by atoms with Crippen LogP contribution in [0.5, 0.6) is 5.75 Å². The molecule has 1 aliphatic heterocycles. The van der Waals surface area contributed by atoms with E-state index in [1.807, 2.05) is 11.0 Å². The fourth-order valence-corrected chi connectivity index (χ4v) is 6.27. The van der Waals surface area contributed by atoms with Gasteiger partial charge in [0.1, 0.15) is 28.3 Å². The van der Waals surface area contributed by atoms with E-state index in [1.165, 1.54) is 34.7 Å². The number of aromatic nitrogens is 1. The predicted octanol–water partition coefficient (Wildman–Crippen LogP) is 4.97. The summed E-state index contributed by atoms with van der Waals surface area (Å²) in [6.45, 7) is 2.92. The van der Waals surface area contributed by atoms with E-state index in [4.69, 9.17) is 16.2 Å². The Morgan fingerprint density at radius 3 is 2.32 bits per heavy atom. The van der Waals surface area contributed by atoms with E-state index < -0.39 is 17.8 Å². The number of nitrogen functional groups attached to an aromatic ring is 1. The molecule has 3 aromatic carbocycles. The molecule has 4 aromatic rings. The van der Waals surface area contributed by atoms with Gasteiger partial charge in [-0.25, -0.2) is 9.37 Å². The summed E-state index contributed by atoms with van der Waals surface area (Å²) in [6, 6.07) is 21.5. The smallest absolute Gasteiger partial charge is 0.260 e. The summed E-state index contributed by atoms with van der Waals surface area (Å²) in [4.78, 5) is 46.0. The van der Waals surface area contributed by atoms with Crippen LogP contribution < -0.4 is 21.1 Å². The van der Waals surface area contributed by atoms with E-state index in [2.05, 4.69) is 29.2 Å². The largest absolute Gasteiger partial charge is 0.484 e. The predicted molar refractivity (Wildman–Crippen MR) is 169 cm³/mol. The van der Waals surface area contributed by atoms with E-state index >= 15 is 0 Å². The number of carbonyl (C=O) groups excluding carboxylic acids is 3. The van der Waals surface area contributed by atoms with Crippen LogP contribution >= 0.6 is 11.3 Å². The Morgan fingerprint density at radius 2 is 1.68 bits per heavy atom. The summed E-state index contributed by atoms with van der Waals surface area (Å²) in [5.41, 5.74) is 13.8. The summed E-state index contributed by atoms with van der Waals surface area (Å²) in [7, 11) is 0. The molecule has 44 heavy (non-hydrogen) atoms. The van der Waals surface area contributed by atoms with Crippen molar-refractivity contribution in [1.29, 1.82) is 0 Å². The van der Waals surface area contributed by atoms with Crippen LogP contribution in [0.4, 0.5) is 21.0 Å². The van der Waals surface area contributed by atoms with E-state index in [1.54, 1.807) is 31.2 Å². The standard InChI is InChI=1S/C33H34FN5O4S/c1-21(32(36)42)39(26-11-9-25(34)10-12-26)33-37-31(35)30(44-33)29(41)24-7-13-27(14-8-24)43-20-28(40)38-17-15-23(16-18-38)19-22-5-3-2-4-6-22/h2-14,21,23H,15-20,35H2,1H3,(H2,36,42)/t21-/m1/s1. The van der Waals surface area contributed by atoms with Gasteiger partial charge in [-0.2, -0.15) is 0 Å². The zero-order valence-electron chi connectivity index (χ0n) is 24.3. The molecule has 1 atom stereocenters. The molecule has 228 valence electrons. The van der Waals surface area contributed by atoms with Gasteiger partial charge in [-0.15, -0.1) is 0 Å². The second kappa shape index (κ2) is 13.7. The van der Waals surface area contributed by atoms with Gasteiger partial charge < -0.3 is 26.0 Å². The van der Waals surface area contributed by atoms with Crippen molar-refractivity contribution in [3.63, 3.8) is 0 Å². The Labute approximate surface area is 259 Å². The molecule has 2 amide bonds. The number of likely N-dealkylation sites (tertiary alicyclic amines) is 1. The Kier molecular flexibility index (Phi) is 9.54. The van der Waals surface area contributed by atoms with Gasteiger partial charge in [0.25, 0.3) is 5.91 Å². The van der Waals surface area contributed by atoms with Crippen molar-refractivity contribution in [1.82, 2.24) is 9.88 Å². The number of benzene rings is 3. The van der Waals surface area contributed by atoms with E-state index in [9.17, 15) is 18.8 Å². The third-order valence-corrected chi connectivity index (χ3v) is 8.84. The van der Waals surface area contributed by atoms with Crippen molar-refractivity contribution in [3.8, 4) is 5.75 Å². The highest BCUT2D eigenvalue weighted by Crippen LogP contribution is 2.36. The molecule has 0 radical (unpaired) electrons. The molecule has 1 aliphatic rings. The monoisotopic (exact) mass is 615 g/mol. The summed E-state index contributed by atoms with van der Waals surface area (Å²) in [5.74, 6) is -0.471. The normalized spacial score (nSPS) is 14.2. The number of carbonyl (C=O) groups is 3. The number of halogens is 1. The van der Waals surface area contributed by atoms with Crippen molar-refractivity contribution in [2.75, 3.05) is 30.3 Å². The maximum atomic E-state index is 13.5. The molecule has 1 aromatic heterocycles. The third-order valence-electron chi connectivity index (χ3n) is 7.77. The van der Waals surface area contributed by atoms with E-state index in [-0.39, 0.29) is 34.1 Å². The number of thiazole rings is 1. The lowest BCUT2D eigenvalue weighted by Crippen LogP contribution is -2.41. The van der Waals surface area contributed by atoms with Crippen LogP contribution in [0.1, 0.15) is 40.6 Å². The minimum atomic E-state index is -0.839. The Bertz CT molecular complexity index is 1600. The van der Waals surface area contributed by atoms with Crippen molar-refractivity contribution in [2.45, 2.75) is 32.2 Å². The first-order valence-corrected chi connectivity index (χ1v) is 15.2. The molecule has 1 fully saturated rings. The molecule has 0 aliphatic carbocycles. The van der Waals surface area contributed by atoms with Crippen molar-refractivity contribution >= 4 is 45.6 Å². The molecule has 0 spiro atoms. The zero-order chi connectivity index (χ0) is 31.2. The third kappa shape index (κ3) is 7.23. The number of piperidine rings is 1. The molecule has 4 N–H and O–H groups in total. The van der Waals surface area contributed by atoms with E-state index in [0.29, 0.717) is 36.0 Å². The van der Waals surface area contributed by atoms with Gasteiger partial charge in [0.2, 0.25) is 11.7 Å². The fourth-order valence-electron chi connectivity index (χ4n) is 5.22. The van der Waals surface area contributed by atoms with Gasteiger partial charge in [0.15, 0.2) is 11.7 Å². The molecular formula is C33H34FN5O4S. The Morgan fingerprint density at radius 1 is 1.02 bits per heavy atom. The Hall–Kier alpha value is -4.77. The van der Waals surface area contributed by atoms with Gasteiger partial charge in [-0.05, 0) is 86.2 Å². The number of anilines is 3. The lowest BCUT2D eigenvalue weighted by molar-refractivity contribution is -0.134. The molecule has 0 unspecified atom stereocenters. The van der Waals surface area contributed by atoms with Crippen molar-refractivity contribution in [2.24, 2.45) is 11.7 Å². The molecular weight excluding hydrogens is 581 g/mol. The van der Waals surface area contributed by atoms with Crippen LogP contribution in [0.15, 0.2) is 78.9 Å². The van der Waals surface area contributed by atoms with Crippen LogP contribution in [0.2, 0.25) is 0 Å². The van der Waals surface area contributed by atoms with E-state index in [0.717, 1.165) is 30.6 Å². The molecule has 11 heteroatoms. The fraction of sp³-hybridized carbons (Fsp3) is 0.273. The van der Waals surface area contributed by atoms with Gasteiger partial charge in [0.05, 0.1) is 0 Å². The van der Waals surface area contributed by atoms with Crippen LogP contribution in [0.3, 0.4) is 0 Å². The maximum absolute atomic E-state index is 13.5. The zero-order valence-corrected chi connectivity index (χ0v) is 25.1. The molecule has 0 saturated carbocycles. The molecule has 2 heterocycles. The second-order valence-electron chi connectivity index (χ2n) is 10.8. The molecule has 0 bridgehead atoms. The topological polar surface area (TPSA) is 132 Å². The lowest BCUT2D eigenvalue weighted by atomic mass is 9.90. The summed E-state index contributed by atoms with van der Waals surface area (Å²) in [5, 5.41) is 0.270. The molecule has 5 rings (SSSR count). The minimum absolute atomic E-state index is 0.00255. The van der Waals surface area contributed by atoms with Crippen LogP contribution in [0, 0.1) is 11.7 Å². The number of primary amides is 1. The average molecular weight is 616 g/mol.